The molecule has 0 saturated carbocycles. The molecule has 0 radical (unpaired) electrons. The van der Waals surface area contributed by atoms with E-state index in [0.717, 1.165) is 46.7 Å². The zero-order valence-electron chi connectivity index (χ0n) is 14.5. The van der Waals surface area contributed by atoms with Gasteiger partial charge in [0.1, 0.15) is 5.82 Å². The minimum atomic E-state index is -0.0432. The lowest BCUT2D eigenvalue weighted by Gasteiger charge is -2.07. The lowest BCUT2D eigenvalue weighted by atomic mass is 10.1. The molecule has 130 valence electrons. The van der Waals surface area contributed by atoms with Crippen molar-refractivity contribution in [3.63, 3.8) is 0 Å². The molecule has 25 heavy (non-hydrogen) atoms. The van der Waals surface area contributed by atoms with Crippen molar-refractivity contribution in [2.24, 2.45) is 7.05 Å². The molecule has 0 aliphatic heterocycles. The van der Waals surface area contributed by atoms with Gasteiger partial charge in [-0.25, -0.2) is 0 Å². The first kappa shape index (κ1) is 17.5. The molecule has 1 N–H and O–H groups in total. The number of aryl methyl sites for hydroxylation is 1. The quantitative estimate of drug-likeness (QED) is 0.651. The molecule has 6 heteroatoms. The maximum Gasteiger partial charge on any atom is 0.234 e. The normalized spacial score (nSPS) is 11.0. The molecule has 0 bridgehead atoms. The second kappa shape index (κ2) is 8.16. The standard InChI is InChI=1S/C19H22N4OS/c1-3-4-9-17-21-22-19(23(17)2)25-13-18(24)20-16-11-10-14-7-5-6-8-15(14)12-16/h5-8,10-12H,3-4,9,13H2,1-2H3,(H,20,24). The summed E-state index contributed by atoms with van der Waals surface area (Å²) < 4.78 is 1.98. The van der Waals surface area contributed by atoms with E-state index < -0.39 is 0 Å². The van der Waals surface area contributed by atoms with Gasteiger partial charge in [-0.05, 0) is 29.3 Å². The van der Waals surface area contributed by atoms with Crippen molar-refractivity contribution in [3.05, 3.63) is 48.3 Å². The fourth-order valence-electron chi connectivity index (χ4n) is 2.62. The number of hydrogen-bond donors (Lipinski definition) is 1. The Hall–Kier alpha value is -2.34. The minimum Gasteiger partial charge on any atom is -0.325 e. The number of unbranched alkanes of at least 4 members (excludes halogenated alkanes) is 1. The molecule has 0 fully saturated rings. The fourth-order valence-corrected chi connectivity index (χ4v) is 3.35. The van der Waals surface area contributed by atoms with Crippen LogP contribution in [0.4, 0.5) is 5.69 Å². The highest BCUT2D eigenvalue weighted by atomic mass is 32.2. The number of carbonyl (C=O) groups excluding carboxylic acids is 1. The Morgan fingerprint density at radius 1 is 1.16 bits per heavy atom. The van der Waals surface area contributed by atoms with Crippen LogP contribution in [0.1, 0.15) is 25.6 Å². The topological polar surface area (TPSA) is 59.8 Å². The van der Waals surface area contributed by atoms with Crippen molar-refractivity contribution < 1.29 is 4.79 Å². The summed E-state index contributed by atoms with van der Waals surface area (Å²) in [6.07, 6.45) is 3.15. The van der Waals surface area contributed by atoms with Crippen LogP contribution in [0.25, 0.3) is 10.8 Å². The van der Waals surface area contributed by atoms with Crippen LogP contribution in [0.3, 0.4) is 0 Å². The highest BCUT2D eigenvalue weighted by molar-refractivity contribution is 7.99. The third-order valence-corrected chi connectivity index (χ3v) is 5.06. The molecule has 1 heterocycles. The largest absolute Gasteiger partial charge is 0.325 e. The summed E-state index contributed by atoms with van der Waals surface area (Å²) in [5, 5.41) is 14.4. The first-order valence-electron chi connectivity index (χ1n) is 8.47. The molecular formula is C19H22N4OS. The average molecular weight is 354 g/mol. The van der Waals surface area contributed by atoms with Gasteiger partial charge in [0.25, 0.3) is 0 Å². The number of nitrogens with one attached hydrogen (secondary N) is 1. The fraction of sp³-hybridized carbons (Fsp3) is 0.316. The average Bonchev–Trinajstić information content (AvgIpc) is 2.98. The molecule has 5 nitrogen and oxygen atoms in total. The van der Waals surface area contributed by atoms with Crippen LogP contribution in [-0.4, -0.2) is 26.4 Å². The van der Waals surface area contributed by atoms with Gasteiger partial charge in [-0.1, -0.05) is 55.4 Å². The number of nitrogens with zero attached hydrogens (tertiary/aromatic N) is 3. The van der Waals surface area contributed by atoms with Gasteiger partial charge in [0.15, 0.2) is 5.16 Å². The van der Waals surface area contributed by atoms with E-state index in [2.05, 4.69) is 28.5 Å². The maximum atomic E-state index is 12.2. The minimum absolute atomic E-state index is 0.0432. The zero-order valence-corrected chi connectivity index (χ0v) is 15.3. The van der Waals surface area contributed by atoms with Crippen molar-refractivity contribution in [3.8, 4) is 0 Å². The van der Waals surface area contributed by atoms with Crippen molar-refractivity contribution in [1.29, 1.82) is 0 Å². The predicted molar refractivity (Wildman–Crippen MR) is 103 cm³/mol. The molecule has 3 aromatic rings. The molecule has 0 spiro atoms. The summed E-state index contributed by atoms with van der Waals surface area (Å²) in [5.41, 5.74) is 0.811. The van der Waals surface area contributed by atoms with Crippen molar-refractivity contribution in [2.45, 2.75) is 31.3 Å². The van der Waals surface area contributed by atoms with Crippen LogP contribution in [-0.2, 0) is 18.3 Å². The summed E-state index contributed by atoms with van der Waals surface area (Å²) in [6.45, 7) is 2.16. The van der Waals surface area contributed by atoms with Gasteiger partial charge in [0.2, 0.25) is 5.91 Å². The van der Waals surface area contributed by atoms with Crippen molar-refractivity contribution in [1.82, 2.24) is 14.8 Å². The van der Waals surface area contributed by atoms with Gasteiger partial charge in [-0.2, -0.15) is 0 Å². The number of hydrogen-bond acceptors (Lipinski definition) is 4. The highest BCUT2D eigenvalue weighted by Crippen LogP contribution is 2.20. The van der Waals surface area contributed by atoms with E-state index in [-0.39, 0.29) is 5.91 Å². The van der Waals surface area contributed by atoms with Crippen LogP contribution in [0.5, 0.6) is 0 Å². The van der Waals surface area contributed by atoms with E-state index in [1.165, 1.54) is 11.8 Å². The molecule has 0 atom stereocenters. The Morgan fingerprint density at radius 2 is 1.96 bits per heavy atom. The Balaban J connectivity index is 1.58. The Bertz CT molecular complexity index is 875. The third kappa shape index (κ3) is 4.39. The maximum absolute atomic E-state index is 12.2. The van der Waals surface area contributed by atoms with E-state index >= 15 is 0 Å². The molecule has 1 amide bonds. The first-order chi connectivity index (χ1) is 12.2. The van der Waals surface area contributed by atoms with Crippen LogP contribution in [0.15, 0.2) is 47.6 Å². The summed E-state index contributed by atoms with van der Waals surface area (Å²) in [4.78, 5) is 12.2. The van der Waals surface area contributed by atoms with Crippen LogP contribution in [0.2, 0.25) is 0 Å². The number of benzene rings is 2. The lowest BCUT2D eigenvalue weighted by Crippen LogP contribution is -2.14. The smallest absolute Gasteiger partial charge is 0.234 e. The Kier molecular flexibility index (Phi) is 5.71. The van der Waals surface area contributed by atoms with Gasteiger partial charge in [0.05, 0.1) is 5.75 Å². The summed E-state index contributed by atoms with van der Waals surface area (Å²) in [5.74, 6) is 1.24. The summed E-state index contributed by atoms with van der Waals surface area (Å²) in [7, 11) is 1.95. The number of amides is 1. The van der Waals surface area contributed by atoms with Crippen LogP contribution < -0.4 is 5.32 Å². The number of thioether (sulfide) groups is 1. The van der Waals surface area contributed by atoms with Gasteiger partial charge >= 0.3 is 0 Å². The Morgan fingerprint density at radius 3 is 2.76 bits per heavy atom. The van der Waals surface area contributed by atoms with E-state index in [9.17, 15) is 4.79 Å². The molecule has 1 aromatic heterocycles. The lowest BCUT2D eigenvalue weighted by molar-refractivity contribution is -0.113. The van der Waals surface area contributed by atoms with E-state index in [4.69, 9.17) is 0 Å². The molecule has 0 aliphatic rings. The van der Waals surface area contributed by atoms with Gasteiger partial charge in [-0.3, -0.25) is 4.79 Å². The second-order valence-corrected chi connectivity index (χ2v) is 6.90. The SMILES string of the molecule is CCCCc1nnc(SCC(=O)Nc2ccc3ccccc3c2)n1C. The van der Waals surface area contributed by atoms with E-state index in [1.807, 2.05) is 48.0 Å². The van der Waals surface area contributed by atoms with Crippen LogP contribution >= 0.6 is 11.8 Å². The molecular weight excluding hydrogens is 332 g/mol. The number of aromatic nitrogens is 3. The third-order valence-electron chi connectivity index (χ3n) is 4.04. The van der Waals surface area contributed by atoms with Gasteiger partial charge in [-0.15, -0.1) is 10.2 Å². The molecule has 3 rings (SSSR count). The number of anilines is 1. The van der Waals surface area contributed by atoms with Crippen LogP contribution in [0, 0.1) is 0 Å². The van der Waals surface area contributed by atoms with Crippen molar-refractivity contribution >= 4 is 34.1 Å². The second-order valence-electron chi connectivity index (χ2n) is 5.96. The monoisotopic (exact) mass is 354 g/mol. The Labute approximate surface area is 151 Å². The molecule has 0 aliphatic carbocycles. The van der Waals surface area contributed by atoms with Gasteiger partial charge in [0, 0.05) is 19.2 Å². The number of rotatable bonds is 7. The summed E-state index contributed by atoms with van der Waals surface area (Å²) in [6, 6.07) is 14.0. The van der Waals surface area contributed by atoms with Gasteiger partial charge < -0.3 is 9.88 Å². The van der Waals surface area contributed by atoms with E-state index in [0.29, 0.717) is 5.75 Å². The van der Waals surface area contributed by atoms with Crippen molar-refractivity contribution in [2.75, 3.05) is 11.1 Å². The zero-order chi connectivity index (χ0) is 17.6. The number of fused-ring (bicyclic) bond motifs is 1. The molecule has 0 saturated heterocycles. The predicted octanol–water partition coefficient (Wildman–Crippen LogP) is 4.04. The molecule has 0 unspecified atom stereocenters. The number of carbonyl (C=O) groups is 1. The highest BCUT2D eigenvalue weighted by Gasteiger charge is 2.11. The van der Waals surface area contributed by atoms with E-state index in [1.54, 1.807) is 0 Å². The molecule has 2 aromatic carbocycles. The summed E-state index contributed by atoms with van der Waals surface area (Å²) >= 11 is 1.41. The first-order valence-corrected chi connectivity index (χ1v) is 9.45.